The SMILES string of the molecule is CC(NC(=O)NCc1ncc[nH]1)(C(=O)O)C(F)(F)F. The topological polar surface area (TPSA) is 107 Å². The minimum atomic E-state index is -5.12. The lowest BCUT2D eigenvalue weighted by Gasteiger charge is -2.28. The Morgan fingerprint density at radius 3 is 2.53 bits per heavy atom. The summed E-state index contributed by atoms with van der Waals surface area (Å²) in [5.41, 5.74) is -3.36. The lowest BCUT2D eigenvalue weighted by Crippen LogP contribution is -2.63. The van der Waals surface area contributed by atoms with E-state index in [2.05, 4.69) is 15.3 Å². The molecular weight excluding hydrogens is 269 g/mol. The zero-order valence-corrected chi connectivity index (χ0v) is 9.71. The van der Waals surface area contributed by atoms with Crippen LogP contribution in [0.1, 0.15) is 12.7 Å². The van der Waals surface area contributed by atoms with Crippen LogP contribution in [0.5, 0.6) is 0 Å². The van der Waals surface area contributed by atoms with Gasteiger partial charge in [-0.3, -0.25) is 0 Å². The molecule has 0 bridgehead atoms. The normalized spacial score (nSPS) is 14.5. The fraction of sp³-hybridized carbons (Fsp3) is 0.444. The van der Waals surface area contributed by atoms with Gasteiger partial charge in [0.2, 0.25) is 5.54 Å². The van der Waals surface area contributed by atoms with Gasteiger partial charge in [-0.15, -0.1) is 0 Å². The molecule has 7 nitrogen and oxygen atoms in total. The maximum atomic E-state index is 12.6. The predicted molar refractivity (Wildman–Crippen MR) is 56.1 cm³/mol. The third-order valence-corrected chi connectivity index (χ3v) is 2.33. The summed E-state index contributed by atoms with van der Waals surface area (Å²) < 4.78 is 37.8. The number of aliphatic carboxylic acids is 1. The van der Waals surface area contributed by atoms with E-state index < -0.39 is 23.7 Å². The van der Waals surface area contributed by atoms with Crippen molar-refractivity contribution >= 4 is 12.0 Å². The van der Waals surface area contributed by atoms with Gasteiger partial charge in [0, 0.05) is 12.4 Å². The zero-order chi connectivity index (χ0) is 14.7. The molecule has 10 heteroatoms. The zero-order valence-electron chi connectivity index (χ0n) is 9.71. The van der Waals surface area contributed by atoms with Gasteiger partial charge >= 0.3 is 18.2 Å². The van der Waals surface area contributed by atoms with Crippen LogP contribution in [-0.2, 0) is 11.3 Å². The molecule has 1 atom stereocenters. The van der Waals surface area contributed by atoms with Crippen LogP contribution in [0.25, 0.3) is 0 Å². The van der Waals surface area contributed by atoms with Crippen molar-refractivity contribution in [1.29, 1.82) is 0 Å². The van der Waals surface area contributed by atoms with E-state index in [1.807, 2.05) is 0 Å². The van der Waals surface area contributed by atoms with Crippen LogP contribution < -0.4 is 10.6 Å². The number of carboxylic acid groups (broad SMARTS) is 1. The van der Waals surface area contributed by atoms with Gasteiger partial charge < -0.3 is 20.7 Å². The van der Waals surface area contributed by atoms with Crippen LogP contribution in [0, 0.1) is 0 Å². The molecule has 0 aliphatic heterocycles. The van der Waals surface area contributed by atoms with Crippen LogP contribution in [0.4, 0.5) is 18.0 Å². The number of hydrogen-bond acceptors (Lipinski definition) is 3. The number of urea groups is 1. The summed E-state index contributed by atoms with van der Waals surface area (Å²) in [6.07, 6.45) is -2.27. The van der Waals surface area contributed by atoms with Crippen molar-refractivity contribution in [3.8, 4) is 0 Å². The summed E-state index contributed by atoms with van der Waals surface area (Å²) in [7, 11) is 0. The smallest absolute Gasteiger partial charge is 0.422 e. The number of aromatic nitrogens is 2. The van der Waals surface area contributed by atoms with Gasteiger partial charge in [-0.25, -0.2) is 14.6 Å². The monoisotopic (exact) mass is 280 g/mol. The molecule has 1 aromatic rings. The molecule has 1 aromatic heterocycles. The number of amides is 2. The molecule has 4 N–H and O–H groups in total. The molecule has 0 saturated heterocycles. The molecule has 1 unspecified atom stereocenters. The van der Waals surface area contributed by atoms with Gasteiger partial charge in [-0.05, 0) is 6.92 Å². The van der Waals surface area contributed by atoms with Gasteiger partial charge in [0.15, 0.2) is 0 Å². The van der Waals surface area contributed by atoms with E-state index in [0.717, 1.165) is 0 Å². The minimum Gasteiger partial charge on any atom is -0.479 e. The third kappa shape index (κ3) is 3.36. The number of H-pyrrole nitrogens is 1. The quantitative estimate of drug-likeness (QED) is 0.648. The highest BCUT2D eigenvalue weighted by Gasteiger charge is 2.58. The maximum absolute atomic E-state index is 12.6. The Bertz CT molecular complexity index is 460. The Labute approximate surface area is 105 Å². The largest absolute Gasteiger partial charge is 0.479 e. The molecule has 0 aliphatic carbocycles. The number of hydrogen-bond donors (Lipinski definition) is 4. The van der Waals surface area contributed by atoms with E-state index in [4.69, 9.17) is 5.11 Å². The van der Waals surface area contributed by atoms with Gasteiger partial charge in [-0.1, -0.05) is 0 Å². The van der Waals surface area contributed by atoms with Gasteiger partial charge in [0.25, 0.3) is 0 Å². The molecule has 0 fully saturated rings. The summed E-state index contributed by atoms with van der Waals surface area (Å²) >= 11 is 0. The number of carbonyl (C=O) groups excluding carboxylic acids is 1. The van der Waals surface area contributed by atoms with Gasteiger partial charge in [0.05, 0.1) is 6.54 Å². The highest BCUT2D eigenvalue weighted by Crippen LogP contribution is 2.30. The highest BCUT2D eigenvalue weighted by atomic mass is 19.4. The van der Waals surface area contributed by atoms with Crippen molar-refractivity contribution in [3.05, 3.63) is 18.2 Å². The van der Waals surface area contributed by atoms with E-state index in [0.29, 0.717) is 12.7 Å². The number of alkyl halides is 3. The number of imidazole rings is 1. The molecule has 0 aliphatic rings. The summed E-state index contributed by atoms with van der Waals surface area (Å²) in [6.45, 7) is 0.203. The van der Waals surface area contributed by atoms with Crippen LogP contribution in [0.2, 0.25) is 0 Å². The average molecular weight is 280 g/mol. The van der Waals surface area contributed by atoms with Crippen LogP contribution in [0.3, 0.4) is 0 Å². The summed E-state index contributed by atoms with van der Waals surface area (Å²) in [4.78, 5) is 28.3. The van der Waals surface area contributed by atoms with E-state index in [9.17, 15) is 22.8 Å². The van der Waals surface area contributed by atoms with Crippen molar-refractivity contribution in [2.75, 3.05) is 0 Å². The molecule has 0 saturated carbocycles. The number of halogens is 3. The molecule has 0 aromatic carbocycles. The number of rotatable bonds is 4. The van der Waals surface area contributed by atoms with Crippen molar-refractivity contribution in [1.82, 2.24) is 20.6 Å². The van der Waals surface area contributed by atoms with E-state index in [-0.39, 0.29) is 6.54 Å². The number of aromatic amines is 1. The molecule has 0 spiro atoms. The van der Waals surface area contributed by atoms with Crippen molar-refractivity contribution in [2.24, 2.45) is 0 Å². The first-order valence-electron chi connectivity index (χ1n) is 5.01. The second kappa shape index (κ2) is 5.16. The number of carboxylic acids is 1. The molecule has 106 valence electrons. The van der Waals surface area contributed by atoms with Crippen LogP contribution in [0.15, 0.2) is 12.4 Å². The minimum absolute atomic E-state index is 0.160. The number of carbonyl (C=O) groups is 2. The molecule has 1 heterocycles. The maximum Gasteiger partial charge on any atom is 0.422 e. The standard InChI is InChI=1S/C9H11F3N4O3/c1-8(6(17)18,9(10,11)12)16-7(19)15-4-5-13-2-3-14-5/h2-3H,4H2,1H3,(H,13,14)(H,17,18)(H2,15,16,19). The van der Waals surface area contributed by atoms with Crippen LogP contribution in [-0.4, -0.2) is 38.8 Å². The Morgan fingerprint density at radius 2 is 2.11 bits per heavy atom. The first-order chi connectivity index (χ1) is 8.67. The molecule has 19 heavy (non-hydrogen) atoms. The first kappa shape index (κ1) is 14.8. The Morgan fingerprint density at radius 1 is 1.47 bits per heavy atom. The van der Waals surface area contributed by atoms with E-state index >= 15 is 0 Å². The second-order valence-electron chi connectivity index (χ2n) is 3.77. The summed E-state index contributed by atoms with van der Waals surface area (Å²) in [5.74, 6) is -1.88. The number of nitrogens with one attached hydrogen (secondary N) is 3. The molecule has 0 radical (unpaired) electrons. The molecule has 2 amide bonds. The lowest BCUT2D eigenvalue weighted by atomic mass is 10.0. The van der Waals surface area contributed by atoms with E-state index in [1.54, 1.807) is 0 Å². The summed E-state index contributed by atoms with van der Waals surface area (Å²) in [6, 6.07) is -1.27. The van der Waals surface area contributed by atoms with Gasteiger partial charge in [-0.2, -0.15) is 13.2 Å². The predicted octanol–water partition coefficient (Wildman–Crippen LogP) is 0.614. The lowest BCUT2D eigenvalue weighted by molar-refractivity contribution is -0.203. The Balaban J connectivity index is 2.65. The third-order valence-electron chi connectivity index (χ3n) is 2.33. The van der Waals surface area contributed by atoms with E-state index in [1.165, 1.54) is 17.7 Å². The summed E-state index contributed by atoms with van der Waals surface area (Å²) in [5, 5.41) is 12.0. The number of nitrogens with zero attached hydrogens (tertiary/aromatic N) is 1. The Kier molecular flexibility index (Phi) is 4.02. The van der Waals surface area contributed by atoms with Crippen molar-refractivity contribution < 1.29 is 27.9 Å². The van der Waals surface area contributed by atoms with Gasteiger partial charge in [0.1, 0.15) is 5.82 Å². The average Bonchev–Trinajstić information content (AvgIpc) is 2.77. The van der Waals surface area contributed by atoms with Crippen molar-refractivity contribution in [3.63, 3.8) is 0 Å². The Hall–Kier alpha value is -2.26. The van der Waals surface area contributed by atoms with Crippen LogP contribution >= 0.6 is 0 Å². The fourth-order valence-corrected chi connectivity index (χ4v) is 1.08. The fourth-order valence-electron chi connectivity index (χ4n) is 1.08. The first-order valence-corrected chi connectivity index (χ1v) is 5.01. The second-order valence-corrected chi connectivity index (χ2v) is 3.77. The molecular formula is C9H11F3N4O3. The van der Waals surface area contributed by atoms with Crippen molar-refractivity contribution in [2.45, 2.75) is 25.2 Å². The highest BCUT2D eigenvalue weighted by molar-refractivity contribution is 5.86. The molecule has 1 rings (SSSR count).